The third-order valence-corrected chi connectivity index (χ3v) is 2.37. The Morgan fingerprint density at radius 3 is 2.58 bits per heavy atom. The number of carbonyl (C=O) groups is 2. The molecule has 0 radical (unpaired) electrons. The standard InChI is InChI=1S/C8H11NO.C6H11NO2/c1-6(2)8-4-3-7(10)5-9-8;1-7-6(9)4-2-3-5-8/h3-6,10H,1-2H3;5H,2-4H2,1H3,(H,7,9). The van der Waals surface area contributed by atoms with Crippen molar-refractivity contribution in [3.8, 4) is 5.75 Å². The zero-order chi connectivity index (χ0) is 14.7. The van der Waals surface area contributed by atoms with Crippen molar-refractivity contribution in [1.82, 2.24) is 10.3 Å². The van der Waals surface area contributed by atoms with Crippen molar-refractivity contribution < 1.29 is 14.7 Å². The molecule has 1 heterocycles. The Morgan fingerprint density at radius 1 is 1.47 bits per heavy atom. The van der Waals surface area contributed by atoms with Crippen LogP contribution in [-0.2, 0) is 9.59 Å². The summed E-state index contributed by atoms with van der Waals surface area (Å²) < 4.78 is 0. The van der Waals surface area contributed by atoms with Gasteiger partial charge in [-0.2, -0.15) is 0 Å². The summed E-state index contributed by atoms with van der Waals surface area (Å²) in [6.07, 6.45) is 3.88. The van der Waals surface area contributed by atoms with E-state index in [1.54, 1.807) is 13.1 Å². The summed E-state index contributed by atoms with van der Waals surface area (Å²) in [5, 5.41) is 11.3. The predicted octanol–water partition coefficient (Wildman–Crippen LogP) is 2.01. The number of nitrogens with zero attached hydrogens (tertiary/aromatic N) is 1. The van der Waals surface area contributed by atoms with E-state index in [1.807, 2.05) is 6.07 Å². The molecule has 0 aliphatic carbocycles. The van der Waals surface area contributed by atoms with Gasteiger partial charge in [0.25, 0.3) is 0 Å². The number of carbonyl (C=O) groups excluding carboxylic acids is 2. The van der Waals surface area contributed by atoms with Gasteiger partial charge in [-0.1, -0.05) is 13.8 Å². The molecular weight excluding hydrogens is 244 g/mol. The Labute approximate surface area is 114 Å². The van der Waals surface area contributed by atoms with Gasteiger partial charge in [-0.3, -0.25) is 9.78 Å². The van der Waals surface area contributed by atoms with Crippen molar-refractivity contribution in [3.05, 3.63) is 24.0 Å². The molecule has 0 bridgehead atoms. The molecule has 0 aliphatic heterocycles. The minimum atomic E-state index is -0.00292. The van der Waals surface area contributed by atoms with Crippen LogP contribution in [0.25, 0.3) is 0 Å². The van der Waals surface area contributed by atoms with E-state index in [0.29, 0.717) is 25.2 Å². The van der Waals surface area contributed by atoms with E-state index in [1.165, 1.54) is 6.20 Å². The maximum Gasteiger partial charge on any atom is 0.219 e. The quantitative estimate of drug-likeness (QED) is 0.631. The largest absolute Gasteiger partial charge is 0.506 e. The van der Waals surface area contributed by atoms with Crippen molar-refractivity contribution in [3.63, 3.8) is 0 Å². The van der Waals surface area contributed by atoms with Crippen LogP contribution in [0.2, 0.25) is 0 Å². The molecule has 19 heavy (non-hydrogen) atoms. The molecule has 106 valence electrons. The molecule has 1 aromatic rings. The molecule has 1 amide bonds. The highest BCUT2D eigenvalue weighted by molar-refractivity contribution is 5.75. The molecule has 0 saturated heterocycles. The van der Waals surface area contributed by atoms with E-state index < -0.39 is 0 Å². The number of unbranched alkanes of at least 4 members (excludes halogenated alkanes) is 1. The van der Waals surface area contributed by atoms with Crippen LogP contribution in [0.4, 0.5) is 0 Å². The van der Waals surface area contributed by atoms with Crippen LogP contribution in [0.15, 0.2) is 18.3 Å². The van der Waals surface area contributed by atoms with E-state index in [0.717, 1.165) is 12.0 Å². The van der Waals surface area contributed by atoms with Crippen molar-refractivity contribution in [2.45, 2.75) is 39.0 Å². The normalized spacial score (nSPS) is 9.47. The first kappa shape index (κ1) is 17.1. The Morgan fingerprint density at radius 2 is 2.16 bits per heavy atom. The van der Waals surface area contributed by atoms with E-state index in [9.17, 15) is 9.59 Å². The van der Waals surface area contributed by atoms with Crippen LogP contribution < -0.4 is 5.32 Å². The molecule has 2 N–H and O–H groups in total. The maximum absolute atomic E-state index is 10.5. The third kappa shape index (κ3) is 8.77. The SMILES string of the molecule is CC(C)c1ccc(O)cn1.CNC(=O)CCCC=O. The molecule has 1 aromatic heterocycles. The van der Waals surface area contributed by atoms with Gasteiger partial charge < -0.3 is 15.2 Å². The van der Waals surface area contributed by atoms with Gasteiger partial charge in [0.05, 0.1) is 6.20 Å². The zero-order valence-corrected chi connectivity index (χ0v) is 11.7. The number of hydrogen-bond donors (Lipinski definition) is 2. The van der Waals surface area contributed by atoms with E-state index in [4.69, 9.17) is 5.11 Å². The average molecular weight is 266 g/mol. The highest BCUT2D eigenvalue weighted by Gasteiger charge is 1.98. The second-order valence-electron chi connectivity index (χ2n) is 4.33. The van der Waals surface area contributed by atoms with Crippen molar-refractivity contribution in [1.29, 1.82) is 0 Å². The lowest BCUT2D eigenvalue weighted by molar-refractivity contribution is -0.120. The fraction of sp³-hybridized carbons (Fsp3) is 0.500. The van der Waals surface area contributed by atoms with Crippen molar-refractivity contribution in [2.75, 3.05) is 7.05 Å². The molecule has 1 rings (SSSR count). The van der Waals surface area contributed by atoms with E-state index in [2.05, 4.69) is 24.1 Å². The predicted molar refractivity (Wildman–Crippen MR) is 74.0 cm³/mol. The summed E-state index contributed by atoms with van der Waals surface area (Å²) in [7, 11) is 1.59. The van der Waals surface area contributed by atoms with Gasteiger partial charge >= 0.3 is 0 Å². The molecule has 0 aromatic carbocycles. The fourth-order valence-corrected chi connectivity index (χ4v) is 1.21. The van der Waals surface area contributed by atoms with Gasteiger partial charge in [0.15, 0.2) is 0 Å². The third-order valence-electron chi connectivity index (χ3n) is 2.37. The van der Waals surface area contributed by atoms with Crippen LogP contribution in [0.1, 0.15) is 44.7 Å². The van der Waals surface area contributed by atoms with Crippen LogP contribution in [0.3, 0.4) is 0 Å². The summed E-state index contributed by atoms with van der Waals surface area (Å²) in [6, 6.07) is 3.49. The lowest BCUT2D eigenvalue weighted by atomic mass is 10.1. The van der Waals surface area contributed by atoms with E-state index in [-0.39, 0.29) is 11.7 Å². The van der Waals surface area contributed by atoms with Crippen molar-refractivity contribution >= 4 is 12.2 Å². The number of hydrogen-bond acceptors (Lipinski definition) is 4. The fourth-order valence-electron chi connectivity index (χ4n) is 1.21. The lowest BCUT2D eigenvalue weighted by Crippen LogP contribution is -2.16. The number of aromatic nitrogens is 1. The molecule has 5 nitrogen and oxygen atoms in total. The zero-order valence-electron chi connectivity index (χ0n) is 11.7. The summed E-state index contributed by atoms with van der Waals surface area (Å²) in [5.74, 6) is 0.654. The summed E-state index contributed by atoms with van der Waals surface area (Å²) in [5.41, 5.74) is 1.01. The monoisotopic (exact) mass is 266 g/mol. The summed E-state index contributed by atoms with van der Waals surface area (Å²) in [6.45, 7) is 4.14. The van der Waals surface area contributed by atoms with Gasteiger partial charge in [-0.15, -0.1) is 0 Å². The molecule has 0 fully saturated rings. The second kappa shape index (κ2) is 10.1. The van der Waals surface area contributed by atoms with Gasteiger partial charge in [-0.05, 0) is 24.5 Å². The Balaban J connectivity index is 0.000000344. The van der Waals surface area contributed by atoms with Crippen LogP contribution >= 0.6 is 0 Å². The molecule has 0 spiro atoms. The van der Waals surface area contributed by atoms with Gasteiger partial charge in [-0.25, -0.2) is 0 Å². The van der Waals surface area contributed by atoms with Gasteiger partial charge in [0.2, 0.25) is 5.91 Å². The number of aldehydes is 1. The minimum absolute atomic E-state index is 0.00292. The van der Waals surface area contributed by atoms with Crippen molar-refractivity contribution in [2.24, 2.45) is 0 Å². The summed E-state index contributed by atoms with van der Waals surface area (Å²) >= 11 is 0. The highest BCUT2D eigenvalue weighted by atomic mass is 16.3. The Hall–Kier alpha value is -1.91. The number of nitrogens with one attached hydrogen (secondary N) is 1. The number of pyridine rings is 1. The van der Waals surface area contributed by atoms with Gasteiger partial charge in [0.1, 0.15) is 12.0 Å². The molecular formula is C14H22N2O3. The number of aromatic hydroxyl groups is 1. The molecule has 0 saturated carbocycles. The number of amides is 1. The molecule has 0 aliphatic rings. The second-order valence-corrected chi connectivity index (χ2v) is 4.33. The average Bonchev–Trinajstić information content (AvgIpc) is 2.40. The Kier molecular flexibility index (Phi) is 9.04. The van der Waals surface area contributed by atoms with E-state index >= 15 is 0 Å². The molecule has 0 unspecified atom stereocenters. The molecule has 0 atom stereocenters. The minimum Gasteiger partial charge on any atom is -0.506 e. The van der Waals surface area contributed by atoms with Crippen LogP contribution in [0.5, 0.6) is 5.75 Å². The smallest absolute Gasteiger partial charge is 0.219 e. The first-order valence-electron chi connectivity index (χ1n) is 6.30. The van der Waals surface area contributed by atoms with Crippen LogP contribution in [-0.4, -0.2) is 29.3 Å². The summed E-state index contributed by atoms with van der Waals surface area (Å²) in [4.78, 5) is 24.2. The first-order valence-corrected chi connectivity index (χ1v) is 6.30. The number of rotatable bonds is 5. The topological polar surface area (TPSA) is 79.3 Å². The first-order chi connectivity index (χ1) is 9.01. The molecule has 5 heteroatoms. The van der Waals surface area contributed by atoms with Crippen LogP contribution in [0, 0.1) is 0 Å². The van der Waals surface area contributed by atoms with Gasteiger partial charge in [0, 0.05) is 25.6 Å². The Bertz CT molecular complexity index is 375. The highest BCUT2D eigenvalue weighted by Crippen LogP contribution is 2.13. The lowest BCUT2D eigenvalue weighted by Gasteiger charge is -2.01. The maximum atomic E-state index is 10.5.